The predicted octanol–water partition coefficient (Wildman–Crippen LogP) is 2.82. The molecule has 1 aromatic rings. The fourth-order valence-electron chi connectivity index (χ4n) is 2.85. The second-order valence-electron chi connectivity index (χ2n) is 5.60. The molecule has 0 unspecified atom stereocenters. The number of aryl methyl sites for hydroxylation is 1. The summed E-state index contributed by atoms with van der Waals surface area (Å²) in [6.45, 7) is 7.00. The van der Waals surface area contributed by atoms with Gasteiger partial charge in [-0.3, -0.25) is 4.90 Å². The summed E-state index contributed by atoms with van der Waals surface area (Å²) < 4.78 is 0. The predicted molar refractivity (Wildman–Crippen MR) is 77.7 cm³/mol. The maximum Gasteiger partial charge on any atom is 0.0233 e. The molecule has 0 aromatic heterocycles. The summed E-state index contributed by atoms with van der Waals surface area (Å²) in [5.74, 6) is 0.936. The highest BCUT2D eigenvalue weighted by atomic mass is 15.1. The molecule has 1 aliphatic heterocycles. The minimum absolute atomic E-state index is 0.936. The lowest BCUT2D eigenvalue weighted by atomic mass is 9.93. The second kappa shape index (κ2) is 6.91. The third kappa shape index (κ3) is 4.11. The van der Waals surface area contributed by atoms with Gasteiger partial charge in [-0.25, -0.2) is 0 Å². The molecule has 2 nitrogen and oxygen atoms in total. The van der Waals surface area contributed by atoms with Gasteiger partial charge in [0, 0.05) is 6.54 Å². The minimum atomic E-state index is 0.936. The fourth-order valence-corrected chi connectivity index (χ4v) is 2.85. The molecule has 0 aliphatic carbocycles. The molecule has 18 heavy (non-hydrogen) atoms. The molecular weight excluding hydrogens is 220 g/mol. The first kappa shape index (κ1) is 13.6. The molecule has 0 bridgehead atoms. The van der Waals surface area contributed by atoms with E-state index < -0.39 is 0 Å². The summed E-state index contributed by atoms with van der Waals surface area (Å²) in [4.78, 5) is 2.60. The Balaban J connectivity index is 1.76. The molecule has 0 amide bonds. The standard InChI is InChI=1S/C16H26N2/c1-14-4-3-5-16(12-14)13-18-10-7-15(8-11-18)6-9-17-2/h3-5,12,15,17H,6-11,13H2,1-2H3. The summed E-state index contributed by atoms with van der Waals surface area (Å²) in [6, 6.07) is 8.91. The van der Waals surface area contributed by atoms with Gasteiger partial charge in [-0.1, -0.05) is 29.8 Å². The van der Waals surface area contributed by atoms with Crippen LogP contribution in [0.1, 0.15) is 30.4 Å². The average Bonchev–Trinajstić information content (AvgIpc) is 2.38. The molecule has 1 aliphatic rings. The maximum atomic E-state index is 3.26. The second-order valence-corrected chi connectivity index (χ2v) is 5.60. The van der Waals surface area contributed by atoms with Crippen molar-refractivity contribution in [1.29, 1.82) is 0 Å². The van der Waals surface area contributed by atoms with Crippen LogP contribution in [0.3, 0.4) is 0 Å². The molecule has 2 heteroatoms. The highest BCUT2D eigenvalue weighted by Crippen LogP contribution is 2.21. The van der Waals surface area contributed by atoms with Crippen LogP contribution < -0.4 is 5.32 Å². The highest BCUT2D eigenvalue weighted by molar-refractivity contribution is 5.22. The van der Waals surface area contributed by atoms with Crippen molar-refractivity contribution >= 4 is 0 Å². The first-order valence-corrected chi connectivity index (χ1v) is 7.20. The van der Waals surface area contributed by atoms with Crippen LogP contribution in [0.15, 0.2) is 24.3 Å². The number of nitrogens with zero attached hydrogens (tertiary/aromatic N) is 1. The minimum Gasteiger partial charge on any atom is -0.320 e. The molecule has 1 aromatic carbocycles. The van der Waals surface area contributed by atoms with Gasteiger partial charge in [0.1, 0.15) is 0 Å². The van der Waals surface area contributed by atoms with Crippen molar-refractivity contribution in [1.82, 2.24) is 10.2 Å². The first-order chi connectivity index (χ1) is 8.78. The van der Waals surface area contributed by atoms with E-state index in [1.165, 1.54) is 50.0 Å². The van der Waals surface area contributed by atoms with E-state index in [0.29, 0.717) is 0 Å². The monoisotopic (exact) mass is 246 g/mol. The molecule has 2 rings (SSSR count). The summed E-state index contributed by atoms with van der Waals surface area (Å²) in [5, 5.41) is 3.26. The summed E-state index contributed by atoms with van der Waals surface area (Å²) in [5.41, 5.74) is 2.83. The lowest BCUT2D eigenvalue weighted by molar-refractivity contribution is 0.172. The van der Waals surface area contributed by atoms with E-state index in [4.69, 9.17) is 0 Å². The van der Waals surface area contributed by atoms with Crippen LogP contribution >= 0.6 is 0 Å². The molecule has 100 valence electrons. The van der Waals surface area contributed by atoms with Crippen molar-refractivity contribution in [3.63, 3.8) is 0 Å². The van der Waals surface area contributed by atoms with Gasteiger partial charge >= 0.3 is 0 Å². The van der Waals surface area contributed by atoms with Crippen molar-refractivity contribution in [2.45, 2.75) is 32.7 Å². The van der Waals surface area contributed by atoms with Crippen LogP contribution in [0.2, 0.25) is 0 Å². The third-order valence-corrected chi connectivity index (χ3v) is 4.00. The van der Waals surface area contributed by atoms with Crippen LogP contribution in [-0.4, -0.2) is 31.6 Å². The number of hydrogen-bond acceptors (Lipinski definition) is 2. The molecule has 0 spiro atoms. The van der Waals surface area contributed by atoms with Crippen LogP contribution in [0, 0.1) is 12.8 Å². The summed E-state index contributed by atoms with van der Waals surface area (Å²) in [7, 11) is 2.05. The van der Waals surface area contributed by atoms with E-state index in [1.807, 2.05) is 7.05 Å². The van der Waals surface area contributed by atoms with Crippen molar-refractivity contribution in [2.75, 3.05) is 26.7 Å². The Labute approximate surface area is 111 Å². The Hall–Kier alpha value is -0.860. The zero-order valence-electron chi connectivity index (χ0n) is 11.8. The fraction of sp³-hybridized carbons (Fsp3) is 0.625. The molecule has 0 atom stereocenters. The van der Waals surface area contributed by atoms with Gasteiger partial charge < -0.3 is 5.32 Å². The highest BCUT2D eigenvalue weighted by Gasteiger charge is 2.18. The van der Waals surface area contributed by atoms with Gasteiger partial charge in [0.15, 0.2) is 0 Å². The molecule has 1 saturated heterocycles. The van der Waals surface area contributed by atoms with E-state index in [2.05, 4.69) is 41.4 Å². The Morgan fingerprint density at radius 2 is 2.06 bits per heavy atom. The quantitative estimate of drug-likeness (QED) is 0.859. The Morgan fingerprint density at radius 1 is 1.28 bits per heavy atom. The summed E-state index contributed by atoms with van der Waals surface area (Å²) >= 11 is 0. The van der Waals surface area contributed by atoms with E-state index in [0.717, 1.165) is 12.5 Å². The largest absolute Gasteiger partial charge is 0.320 e. The average molecular weight is 246 g/mol. The smallest absolute Gasteiger partial charge is 0.0233 e. The van der Waals surface area contributed by atoms with Gasteiger partial charge in [0.25, 0.3) is 0 Å². The first-order valence-electron chi connectivity index (χ1n) is 7.20. The van der Waals surface area contributed by atoms with Gasteiger partial charge in [-0.2, -0.15) is 0 Å². The van der Waals surface area contributed by atoms with E-state index in [1.54, 1.807) is 0 Å². The van der Waals surface area contributed by atoms with Crippen molar-refractivity contribution in [3.05, 3.63) is 35.4 Å². The molecule has 1 N–H and O–H groups in total. The third-order valence-electron chi connectivity index (χ3n) is 4.00. The van der Waals surface area contributed by atoms with Crippen molar-refractivity contribution in [2.24, 2.45) is 5.92 Å². The van der Waals surface area contributed by atoms with Crippen LogP contribution in [0.4, 0.5) is 0 Å². The number of hydrogen-bond donors (Lipinski definition) is 1. The number of nitrogens with one attached hydrogen (secondary N) is 1. The Kier molecular flexibility index (Phi) is 5.21. The van der Waals surface area contributed by atoms with Gasteiger partial charge in [0.2, 0.25) is 0 Å². The molecule has 1 fully saturated rings. The van der Waals surface area contributed by atoms with Crippen molar-refractivity contribution < 1.29 is 0 Å². The number of piperidine rings is 1. The molecule has 0 saturated carbocycles. The lowest BCUT2D eigenvalue weighted by Crippen LogP contribution is -2.34. The van der Waals surface area contributed by atoms with Gasteiger partial charge in [0.05, 0.1) is 0 Å². The van der Waals surface area contributed by atoms with Crippen LogP contribution in [0.5, 0.6) is 0 Å². The SMILES string of the molecule is CNCCC1CCN(Cc2cccc(C)c2)CC1. The topological polar surface area (TPSA) is 15.3 Å². The molecular formula is C16H26N2. The number of rotatable bonds is 5. The number of benzene rings is 1. The Morgan fingerprint density at radius 3 is 2.72 bits per heavy atom. The van der Waals surface area contributed by atoms with Crippen molar-refractivity contribution in [3.8, 4) is 0 Å². The van der Waals surface area contributed by atoms with Crippen LogP contribution in [-0.2, 0) is 6.54 Å². The zero-order valence-corrected chi connectivity index (χ0v) is 11.8. The van der Waals surface area contributed by atoms with E-state index in [9.17, 15) is 0 Å². The molecule has 0 radical (unpaired) electrons. The Bertz CT molecular complexity index is 354. The van der Waals surface area contributed by atoms with Gasteiger partial charge in [-0.05, 0) is 64.3 Å². The number of likely N-dealkylation sites (tertiary alicyclic amines) is 1. The van der Waals surface area contributed by atoms with Crippen LogP contribution in [0.25, 0.3) is 0 Å². The zero-order chi connectivity index (χ0) is 12.8. The maximum absolute atomic E-state index is 3.26. The lowest BCUT2D eigenvalue weighted by Gasteiger charge is -2.32. The van der Waals surface area contributed by atoms with E-state index >= 15 is 0 Å². The van der Waals surface area contributed by atoms with Gasteiger partial charge in [-0.15, -0.1) is 0 Å². The molecule has 1 heterocycles. The summed E-state index contributed by atoms with van der Waals surface area (Å²) in [6.07, 6.45) is 4.08. The van der Waals surface area contributed by atoms with E-state index in [-0.39, 0.29) is 0 Å². The normalized spacial score (nSPS) is 18.1.